The summed E-state index contributed by atoms with van der Waals surface area (Å²) in [5.74, 6) is 2.98. The summed E-state index contributed by atoms with van der Waals surface area (Å²) < 4.78 is 5.61. The third kappa shape index (κ3) is 1.75. The van der Waals surface area contributed by atoms with E-state index in [4.69, 9.17) is 12.6 Å². The van der Waals surface area contributed by atoms with Gasteiger partial charge in [-0.3, -0.25) is 0 Å². The van der Waals surface area contributed by atoms with Gasteiger partial charge in [-0.15, -0.1) is 0 Å². The zero-order valence-electron chi connectivity index (χ0n) is 7.30. The Morgan fingerprint density at radius 1 is 1.73 bits per heavy atom. The van der Waals surface area contributed by atoms with Crippen molar-refractivity contribution in [2.24, 2.45) is 5.92 Å². The van der Waals surface area contributed by atoms with Gasteiger partial charge >= 0.3 is 0 Å². The van der Waals surface area contributed by atoms with Gasteiger partial charge in [-0.05, 0) is 18.1 Å². The molecular weight excluding hydrogens is 155 g/mol. The van der Waals surface area contributed by atoms with Crippen LogP contribution in [0.3, 0.4) is 0 Å². The molecule has 0 aromatic carbocycles. The van der Waals surface area contributed by atoms with Crippen LogP contribution in [0.15, 0.2) is 0 Å². The van der Waals surface area contributed by atoms with Crippen LogP contribution >= 0.6 is 11.8 Å². The monoisotopic (exact) mass is 170 g/mol. The van der Waals surface area contributed by atoms with E-state index in [1.54, 1.807) is 0 Å². The van der Waals surface area contributed by atoms with Crippen LogP contribution in [0.1, 0.15) is 20.3 Å². The van der Waals surface area contributed by atoms with Crippen LogP contribution in [-0.4, -0.2) is 31.5 Å². The second-order valence-electron chi connectivity index (χ2n) is 3.15. The Balaban J connectivity index is 2.57. The molecule has 0 amide bonds. The first kappa shape index (κ1) is 9.46. The van der Waals surface area contributed by atoms with E-state index in [1.165, 1.54) is 5.75 Å². The van der Waals surface area contributed by atoms with Gasteiger partial charge in [0, 0.05) is 12.3 Å². The van der Waals surface area contributed by atoms with Crippen molar-refractivity contribution >= 4 is 19.6 Å². The smallest absolute Gasteiger partial charge is 0.104 e. The highest BCUT2D eigenvalue weighted by Crippen LogP contribution is 2.38. The fourth-order valence-corrected chi connectivity index (χ4v) is 3.30. The third-order valence-electron chi connectivity index (χ3n) is 2.58. The molecule has 1 rings (SSSR count). The Bertz CT molecular complexity index is 131. The predicted molar refractivity (Wildman–Crippen MR) is 51.2 cm³/mol. The summed E-state index contributed by atoms with van der Waals surface area (Å²) in [6.45, 7) is 4.79. The van der Waals surface area contributed by atoms with Gasteiger partial charge in [-0.2, -0.15) is 11.8 Å². The topological polar surface area (TPSA) is 9.23 Å². The molecule has 2 atom stereocenters. The molecule has 1 nitrogen and oxygen atoms in total. The number of ether oxygens (including phenoxy) is 1. The molecule has 0 aromatic rings. The maximum absolute atomic E-state index is 5.61. The van der Waals surface area contributed by atoms with E-state index in [1.807, 2.05) is 11.8 Å². The zero-order valence-corrected chi connectivity index (χ0v) is 8.12. The molecule has 1 heterocycles. The van der Waals surface area contributed by atoms with Crippen molar-refractivity contribution in [2.75, 3.05) is 18.0 Å². The van der Waals surface area contributed by atoms with Gasteiger partial charge in [-0.25, -0.2) is 0 Å². The molecule has 11 heavy (non-hydrogen) atoms. The molecule has 0 saturated carbocycles. The first-order chi connectivity index (χ1) is 5.25. The molecule has 0 aliphatic carbocycles. The highest BCUT2D eigenvalue weighted by atomic mass is 32.2. The van der Waals surface area contributed by atoms with Crippen LogP contribution < -0.4 is 0 Å². The third-order valence-corrected chi connectivity index (χ3v) is 4.01. The van der Waals surface area contributed by atoms with Crippen LogP contribution in [0.5, 0.6) is 0 Å². The normalized spacial score (nSPS) is 37.8. The summed E-state index contributed by atoms with van der Waals surface area (Å²) in [4.78, 5) is 0. The summed E-state index contributed by atoms with van der Waals surface area (Å²) >= 11 is 1.97. The van der Waals surface area contributed by atoms with Gasteiger partial charge in [0.25, 0.3) is 0 Å². The SMILES string of the molecule is [B]CO[C@@]1(CC)CSCC1C. The molecule has 1 aliphatic heterocycles. The second-order valence-corrected chi connectivity index (χ2v) is 4.18. The lowest BCUT2D eigenvalue weighted by Crippen LogP contribution is -2.38. The molecule has 1 aliphatic rings. The molecule has 2 radical (unpaired) electrons. The van der Waals surface area contributed by atoms with Crippen molar-refractivity contribution < 1.29 is 4.74 Å². The molecule has 1 unspecified atom stereocenters. The number of rotatable bonds is 3. The second kappa shape index (κ2) is 3.86. The Kier molecular flexibility index (Phi) is 3.32. The van der Waals surface area contributed by atoms with E-state index in [0.29, 0.717) is 12.4 Å². The van der Waals surface area contributed by atoms with Crippen molar-refractivity contribution in [3.8, 4) is 0 Å². The molecule has 0 N–H and O–H groups in total. The van der Waals surface area contributed by atoms with Gasteiger partial charge in [0.2, 0.25) is 0 Å². The maximum Gasteiger partial charge on any atom is 0.104 e. The van der Waals surface area contributed by atoms with Crippen molar-refractivity contribution in [2.45, 2.75) is 25.9 Å². The van der Waals surface area contributed by atoms with Crippen LogP contribution in [0.4, 0.5) is 0 Å². The Morgan fingerprint density at radius 3 is 2.82 bits per heavy atom. The van der Waals surface area contributed by atoms with E-state index in [-0.39, 0.29) is 5.60 Å². The fraction of sp³-hybridized carbons (Fsp3) is 1.00. The molecule has 1 fully saturated rings. The van der Waals surface area contributed by atoms with Crippen LogP contribution in [0, 0.1) is 5.92 Å². The van der Waals surface area contributed by atoms with Gasteiger partial charge in [0.15, 0.2) is 0 Å². The summed E-state index contributed by atoms with van der Waals surface area (Å²) in [6, 6.07) is 0. The summed E-state index contributed by atoms with van der Waals surface area (Å²) in [5.41, 5.74) is 0.0828. The maximum atomic E-state index is 5.61. The van der Waals surface area contributed by atoms with E-state index >= 15 is 0 Å². The first-order valence-electron chi connectivity index (χ1n) is 4.17. The highest BCUT2D eigenvalue weighted by Gasteiger charge is 2.39. The largest absolute Gasteiger partial charge is 0.384 e. The Hall–Kier alpha value is 0.375. The molecule has 62 valence electrons. The summed E-state index contributed by atoms with van der Waals surface area (Å²) in [7, 11) is 5.40. The number of thioether (sulfide) groups is 1. The molecular formula is C8H15BOS. The van der Waals surface area contributed by atoms with Crippen molar-refractivity contribution in [1.82, 2.24) is 0 Å². The fourth-order valence-electron chi connectivity index (χ4n) is 1.61. The lowest BCUT2D eigenvalue weighted by Gasteiger charge is -2.31. The van der Waals surface area contributed by atoms with E-state index < -0.39 is 0 Å². The van der Waals surface area contributed by atoms with Gasteiger partial charge < -0.3 is 4.74 Å². The van der Waals surface area contributed by atoms with Crippen molar-refractivity contribution in [3.63, 3.8) is 0 Å². The Morgan fingerprint density at radius 2 is 2.45 bits per heavy atom. The van der Waals surface area contributed by atoms with E-state index in [0.717, 1.165) is 12.2 Å². The average molecular weight is 170 g/mol. The molecule has 0 bridgehead atoms. The van der Waals surface area contributed by atoms with E-state index in [9.17, 15) is 0 Å². The number of hydrogen-bond acceptors (Lipinski definition) is 2. The van der Waals surface area contributed by atoms with Gasteiger partial charge in [-0.1, -0.05) is 13.8 Å². The minimum absolute atomic E-state index is 0.0828. The van der Waals surface area contributed by atoms with Crippen molar-refractivity contribution in [1.29, 1.82) is 0 Å². The minimum Gasteiger partial charge on any atom is -0.384 e. The summed E-state index contributed by atoms with van der Waals surface area (Å²) in [6.07, 6.45) is 1.08. The standard InChI is InChI=1S/C8H15BOS/c1-3-8(10-6-9)5-11-4-7(8)2/h7H,3-6H2,1-2H3/t7?,8-/m0/s1. The first-order valence-corrected chi connectivity index (χ1v) is 5.32. The lowest BCUT2D eigenvalue weighted by atomic mass is 9.89. The predicted octanol–water partition coefficient (Wildman–Crippen LogP) is 1.66. The Labute approximate surface area is 74.7 Å². The van der Waals surface area contributed by atoms with Crippen molar-refractivity contribution in [3.05, 3.63) is 0 Å². The summed E-state index contributed by atoms with van der Waals surface area (Å²) in [5, 5.41) is 0. The average Bonchev–Trinajstić information content (AvgIpc) is 2.35. The quantitative estimate of drug-likeness (QED) is 0.595. The van der Waals surface area contributed by atoms with Crippen LogP contribution in [-0.2, 0) is 4.74 Å². The van der Waals surface area contributed by atoms with Crippen LogP contribution in [0.25, 0.3) is 0 Å². The van der Waals surface area contributed by atoms with Crippen LogP contribution in [0.2, 0.25) is 0 Å². The molecule has 0 spiro atoms. The van der Waals surface area contributed by atoms with Gasteiger partial charge in [0.05, 0.1) is 5.60 Å². The molecule has 0 aromatic heterocycles. The molecule has 3 heteroatoms. The highest BCUT2D eigenvalue weighted by molar-refractivity contribution is 7.99. The lowest BCUT2D eigenvalue weighted by molar-refractivity contribution is -0.0342. The van der Waals surface area contributed by atoms with E-state index in [2.05, 4.69) is 13.8 Å². The number of hydrogen-bond donors (Lipinski definition) is 0. The minimum atomic E-state index is 0.0828. The molecule has 1 saturated heterocycles. The van der Waals surface area contributed by atoms with Gasteiger partial charge in [0.1, 0.15) is 7.85 Å². The zero-order chi connectivity index (χ0) is 8.32.